The predicted octanol–water partition coefficient (Wildman–Crippen LogP) is 4.25. The molecule has 2 aromatic heterocycles. The maximum atomic E-state index is 12.8. The normalized spacial score (nSPS) is 12.0. The zero-order chi connectivity index (χ0) is 23.6. The fraction of sp³-hybridized carbons (Fsp3) is 0.423. The Hall–Kier alpha value is -3.19. The van der Waals surface area contributed by atoms with Crippen molar-refractivity contribution in [2.24, 2.45) is 0 Å². The van der Waals surface area contributed by atoms with Gasteiger partial charge in [-0.1, -0.05) is 12.1 Å². The van der Waals surface area contributed by atoms with Crippen molar-refractivity contribution in [2.45, 2.75) is 45.8 Å². The zero-order valence-corrected chi connectivity index (χ0v) is 20.0. The molecule has 0 fully saturated rings. The monoisotopic (exact) mass is 450 g/mol. The van der Waals surface area contributed by atoms with Gasteiger partial charge in [-0.05, 0) is 83.6 Å². The topological polar surface area (TPSA) is 69.5 Å². The molecule has 176 valence electrons. The van der Waals surface area contributed by atoms with E-state index in [9.17, 15) is 4.79 Å². The molecule has 0 spiro atoms. The highest BCUT2D eigenvalue weighted by Crippen LogP contribution is 2.23. The van der Waals surface area contributed by atoms with Crippen molar-refractivity contribution >= 4 is 0 Å². The zero-order valence-electron chi connectivity index (χ0n) is 20.0. The summed E-state index contributed by atoms with van der Waals surface area (Å²) in [6.45, 7) is 5.98. The Balaban J connectivity index is 1.57. The Labute approximate surface area is 196 Å². The maximum absolute atomic E-state index is 12.8. The minimum absolute atomic E-state index is 0.107. The van der Waals surface area contributed by atoms with Crippen LogP contribution in [0.5, 0.6) is 11.5 Å². The Morgan fingerprint density at radius 2 is 1.70 bits per heavy atom. The summed E-state index contributed by atoms with van der Waals surface area (Å²) >= 11 is 0. The molecule has 1 atom stereocenters. The first kappa shape index (κ1) is 24.5. The number of rotatable bonds is 12. The second-order valence-corrected chi connectivity index (χ2v) is 8.45. The summed E-state index contributed by atoms with van der Waals surface area (Å²) in [6, 6.07) is 13.0. The standard InChI is InChI=1S/C26H34N4O3/c1-20-17-24(33-19-25-27-13-8-14-28-25)18-26(31)30(20)21(2)22-9-11-23(12-10-22)32-16-7-5-6-15-29(3)4/h8-14,17-18,21H,5-7,15-16,19H2,1-4H3/t21-/m1/s1. The number of unbranched alkanes of at least 4 members (excludes halogenated alkanes) is 2. The minimum Gasteiger partial charge on any atom is -0.494 e. The van der Waals surface area contributed by atoms with Gasteiger partial charge in [0, 0.05) is 24.2 Å². The summed E-state index contributed by atoms with van der Waals surface area (Å²) in [5.74, 6) is 1.95. The van der Waals surface area contributed by atoms with E-state index < -0.39 is 0 Å². The smallest absolute Gasteiger partial charge is 0.254 e. The number of ether oxygens (including phenoxy) is 2. The van der Waals surface area contributed by atoms with E-state index in [1.165, 1.54) is 12.5 Å². The van der Waals surface area contributed by atoms with Crippen molar-refractivity contribution in [3.63, 3.8) is 0 Å². The van der Waals surface area contributed by atoms with Crippen molar-refractivity contribution in [3.8, 4) is 11.5 Å². The molecule has 2 heterocycles. The van der Waals surface area contributed by atoms with E-state index in [1.54, 1.807) is 23.0 Å². The fourth-order valence-electron chi connectivity index (χ4n) is 3.70. The molecule has 7 nitrogen and oxygen atoms in total. The SMILES string of the molecule is Cc1cc(OCc2ncccn2)cc(=O)n1[C@H](C)c1ccc(OCCCCCN(C)C)cc1. The number of nitrogens with zero attached hydrogens (tertiary/aromatic N) is 4. The second kappa shape index (κ2) is 12.2. The summed E-state index contributed by atoms with van der Waals surface area (Å²) in [5.41, 5.74) is 1.77. The molecule has 0 N–H and O–H groups in total. The third-order valence-electron chi connectivity index (χ3n) is 5.49. The van der Waals surface area contributed by atoms with Crippen LogP contribution < -0.4 is 15.0 Å². The van der Waals surface area contributed by atoms with Gasteiger partial charge in [0.05, 0.1) is 12.6 Å². The molecule has 0 saturated carbocycles. The molecule has 0 amide bonds. The molecule has 0 unspecified atom stereocenters. The van der Waals surface area contributed by atoms with Gasteiger partial charge >= 0.3 is 0 Å². The molecular weight excluding hydrogens is 416 g/mol. The molecule has 0 saturated heterocycles. The molecule has 0 bridgehead atoms. The van der Waals surface area contributed by atoms with Gasteiger partial charge in [0.15, 0.2) is 5.82 Å². The maximum Gasteiger partial charge on any atom is 0.254 e. The predicted molar refractivity (Wildman–Crippen MR) is 130 cm³/mol. The summed E-state index contributed by atoms with van der Waals surface area (Å²) < 4.78 is 13.4. The molecule has 0 aliphatic carbocycles. The number of benzene rings is 1. The van der Waals surface area contributed by atoms with Crippen molar-refractivity contribution in [2.75, 3.05) is 27.2 Å². The van der Waals surface area contributed by atoms with E-state index in [1.807, 2.05) is 44.2 Å². The average Bonchev–Trinajstić information content (AvgIpc) is 2.80. The van der Waals surface area contributed by atoms with Gasteiger partial charge in [-0.15, -0.1) is 0 Å². The molecule has 3 rings (SSSR count). The highest BCUT2D eigenvalue weighted by molar-refractivity contribution is 5.31. The van der Waals surface area contributed by atoms with E-state index >= 15 is 0 Å². The van der Waals surface area contributed by atoms with Crippen molar-refractivity contribution in [3.05, 3.63) is 82.3 Å². The Bertz CT molecular complexity index is 1050. The number of aryl methyl sites for hydroxylation is 1. The molecule has 0 radical (unpaired) electrons. The van der Waals surface area contributed by atoms with E-state index in [-0.39, 0.29) is 18.2 Å². The minimum atomic E-state index is -0.107. The summed E-state index contributed by atoms with van der Waals surface area (Å²) in [4.78, 5) is 23.3. The van der Waals surface area contributed by atoms with Crippen LogP contribution in [0, 0.1) is 6.92 Å². The lowest BCUT2D eigenvalue weighted by atomic mass is 10.1. The number of hydrogen-bond acceptors (Lipinski definition) is 6. The molecule has 0 aliphatic heterocycles. The van der Waals surface area contributed by atoms with Crippen LogP contribution in [0.1, 0.15) is 49.3 Å². The Morgan fingerprint density at radius 3 is 2.36 bits per heavy atom. The summed E-state index contributed by atoms with van der Waals surface area (Å²) in [5, 5.41) is 0. The highest BCUT2D eigenvalue weighted by atomic mass is 16.5. The lowest BCUT2D eigenvalue weighted by molar-refractivity contribution is 0.294. The van der Waals surface area contributed by atoms with Gasteiger partial charge in [0.1, 0.15) is 18.1 Å². The lowest BCUT2D eigenvalue weighted by Crippen LogP contribution is -2.25. The summed E-state index contributed by atoms with van der Waals surface area (Å²) in [6.07, 6.45) is 6.72. The third kappa shape index (κ3) is 7.43. The molecule has 7 heteroatoms. The number of pyridine rings is 1. The van der Waals surface area contributed by atoms with Gasteiger partial charge < -0.3 is 18.9 Å². The summed E-state index contributed by atoms with van der Waals surface area (Å²) in [7, 11) is 4.19. The lowest BCUT2D eigenvalue weighted by Gasteiger charge is -2.20. The second-order valence-electron chi connectivity index (χ2n) is 8.45. The van der Waals surface area contributed by atoms with Gasteiger partial charge in [0.25, 0.3) is 5.56 Å². The largest absolute Gasteiger partial charge is 0.494 e. The average molecular weight is 451 g/mol. The molecule has 1 aromatic carbocycles. The van der Waals surface area contributed by atoms with Gasteiger partial charge in [-0.25, -0.2) is 9.97 Å². The van der Waals surface area contributed by atoms with E-state index in [0.29, 0.717) is 11.6 Å². The highest BCUT2D eigenvalue weighted by Gasteiger charge is 2.14. The first-order valence-electron chi connectivity index (χ1n) is 11.4. The first-order chi connectivity index (χ1) is 15.9. The van der Waals surface area contributed by atoms with E-state index in [2.05, 4.69) is 29.0 Å². The molecule has 3 aromatic rings. The van der Waals surface area contributed by atoms with Crippen LogP contribution in [0.4, 0.5) is 0 Å². The van der Waals surface area contributed by atoms with Crippen LogP contribution in [0.15, 0.2) is 59.7 Å². The molecule has 33 heavy (non-hydrogen) atoms. The molecule has 0 aliphatic rings. The fourth-order valence-corrected chi connectivity index (χ4v) is 3.70. The van der Waals surface area contributed by atoms with Gasteiger partial charge in [0.2, 0.25) is 0 Å². The third-order valence-corrected chi connectivity index (χ3v) is 5.49. The van der Waals surface area contributed by atoms with E-state index in [0.717, 1.165) is 43.0 Å². The van der Waals surface area contributed by atoms with Gasteiger partial charge in [-0.2, -0.15) is 0 Å². The van der Waals surface area contributed by atoms with Crippen LogP contribution >= 0.6 is 0 Å². The van der Waals surface area contributed by atoms with Crippen molar-refractivity contribution < 1.29 is 9.47 Å². The number of hydrogen-bond donors (Lipinski definition) is 0. The Morgan fingerprint density at radius 1 is 0.970 bits per heavy atom. The van der Waals surface area contributed by atoms with Crippen molar-refractivity contribution in [1.29, 1.82) is 0 Å². The Kier molecular flexibility index (Phi) is 9.01. The van der Waals surface area contributed by atoms with Gasteiger partial charge in [-0.3, -0.25) is 4.79 Å². The first-order valence-corrected chi connectivity index (χ1v) is 11.4. The number of aromatic nitrogens is 3. The van der Waals surface area contributed by atoms with Crippen molar-refractivity contribution in [1.82, 2.24) is 19.4 Å². The van der Waals surface area contributed by atoms with Crippen LogP contribution in [0.2, 0.25) is 0 Å². The van der Waals surface area contributed by atoms with E-state index in [4.69, 9.17) is 9.47 Å². The van der Waals surface area contributed by atoms with Crippen LogP contribution in [-0.4, -0.2) is 46.7 Å². The van der Waals surface area contributed by atoms with Crippen LogP contribution in [0.25, 0.3) is 0 Å². The van der Waals surface area contributed by atoms with Crippen LogP contribution in [0.3, 0.4) is 0 Å². The molecular formula is C26H34N4O3. The quantitative estimate of drug-likeness (QED) is 0.384. The van der Waals surface area contributed by atoms with Crippen LogP contribution in [-0.2, 0) is 6.61 Å².